The molecule has 3 aromatic heterocycles. The smallest absolute Gasteiger partial charge is 0.335 e. The summed E-state index contributed by atoms with van der Waals surface area (Å²) in [7, 11) is 1.48. The minimum atomic E-state index is -1.21. The Hall–Kier alpha value is -3.30. The maximum Gasteiger partial charge on any atom is 0.335 e. The second kappa shape index (κ2) is 8.42. The third-order valence-corrected chi connectivity index (χ3v) is 7.77. The first-order chi connectivity index (χ1) is 17.0. The number of pyridine rings is 1. The number of aliphatic carboxylic acids is 1. The molecule has 1 unspecified atom stereocenters. The van der Waals surface area contributed by atoms with E-state index in [9.17, 15) is 14.3 Å². The molecule has 0 radical (unpaired) electrons. The molecule has 4 heterocycles. The van der Waals surface area contributed by atoms with E-state index in [2.05, 4.69) is 20.8 Å². The van der Waals surface area contributed by atoms with E-state index in [1.54, 1.807) is 18.3 Å². The van der Waals surface area contributed by atoms with Gasteiger partial charge in [-0.2, -0.15) is 5.10 Å². The monoisotopic (exact) mass is 478 g/mol. The predicted octanol–water partition coefficient (Wildman–Crippen LogP) is 4.67. The van der Waals surface area contributed by atoms with E-state index in [0.717, 1.165) is 46.2 Å². The van der Waals surface area contributed by atoms with Gasteiger partial charge < -0.3 is 19.1 Å². The molecule has 2 atom stereocenters. The highest BCUT2D eigenvalue weighted by Gasteiger charge is 2.48. The van der Waals surface area contributed by atoms with E-state index in [0.29, 0.717) is 38.1 Å². The summed E-state index contributed by atoms with van der Waals surface area (Å²) in [6, 6.07) is 8.56. The summed E-state index contributed by atoms with van der Waals surface area (Å²) in [5, 5.41) is 18.0. The number of methoxy groups -OCH3 is 1. The molecule has 1 saturated heterocycles. The number of hydrogen-bond donors (Lipinski definition) is 2. The Morgan fingerprint density at radius 1 is 1.23 bits per heavy atom. The molecule has 1 saturated carbocycles. The lowest BCUT2D eigenvalue weighted by atomic mass is 9.86. The number of carbonyl (C=O) groups is 1. The summed E-state index contributed by atoms with van der Waals surface area (Å²) in [5.74, 6) is -1.06. The number of fused-ring (bicyclic) bond motifs is 2. The number of nitrogens with one attached hydrogen (secondary N) is 1. The standard InChI is InChI=1S/C26H27FN4O4/c1-34-26(25(32)33)9-6-16(13-26)21-22-20(12-17-14-28-30-24(17)29-22)31(19-4-2-18(27)3-5-19)23(21)15-7-10-35-11-8-15/h2-5,12,14-16H,6-11,13H2,1H3,(H,32,33)(H,28,29,30)/t16?,26-/m0/s1. The van der Waals surface area contributed by atoms with Crippen LogP contribution in [-0.4, -0.2) is 56.7 Å². The third-order valence-electron chi connectivity index (χ3n) is 7.77. The average molecular weight is 479 g/mol. The maximum absolute atomic E-state index is 13.9. The van der Waals surface area contributed by atoms with Crippen LogP contribution in [0.4, 0.5) is 4.39 Å². The van der Waals surface area contributed by atoms with Crippen LogP contribution >= 0.6 is 0 Å². The van der Waals surface area contributed by atoms with Crippen molar-refractivity contribution in [3.05, 3.63) is 53.6 Å². The second-order valence-electron chi connectivity index (χ2n) is 9.60. The van der Waals surface area contributed by atoms with Crippen LogP contribution in [0.15, 0.2) is 36.5 Å². The number of ether oxygens (including phenoxy) is 2. The molecule has 2 fully saturated rings. The SMILES string of the molecule is CO[C@@]1(C(=O)O)CCC(c2c(C3CCOCC3)n(-c3ccc(F)cc3)c3cc4cn[nH]c4nc23)C1. The van der Waals surface area contributed by atoms with Crippen LogP contribution < -0.4 is 0 Å². The number of halogens is 1. The van der Waals surface area contributed by atoms with Crippen molar-refractivity contribution >= 4 is 28.0 Å². The fourth-order valence-electron chi connectivity index (χ4n) is 5.98. The summed E-state index contributed by atoms with van der Waals surface area (Å²) in [6.07, 6.45) is 4.94. The van der Waals surface area contributed by atoms with Crippen LogP contribution in [0.3, 0.4) is 0 Å². The van der Waals surface area contributed by atoms with Crippen LogP contribution in [0, 0.1) is 5.82 Å². The minimum Gasteiger partial charge on any atom is -0.479 e. The van der Waals surface area contributed by atoms with Gasteiger partial charge in [-0.25, -0.2) is 14.2 Å². The van der Waals surface area contributed by atoms with Gasteiger partial charge in [-0.3, -0.25) is 5.10 Å². The lowest BCUT2D eigenvalue weighted by Crippen LogP contribution is -2.37. The number of rotatable bonds is 5. The van der Waals surface area contributed by atoms with Gasteiger partial charge in [0.15, 0.2) is 11.2 Å². The number of carboxylic acids is 1. The lowest BCUT2D eigenvalue weighted by Gasteiger charge is -2.27. The largest absolute Gasteiger partial charge is 0.479 e. The van der Waals surface area contributed by atoms with Crippen molar-refractivity contribution in [2.75, 3.05) is 20.3 Å². The van der Waals surface area contributed by atoms with Gasteiger partial charge in [-0.05, 0) is 68.4 Å². The summed E-state index contributed by atoms with van der Waals surface area (Å²) in [4.78, 5) is 17.2. The number of aromatic nitrogens is 4. The normalized spacial score (nSPS) is 23.4. The quantitative estimate of drug-likeness (QED) is 0.432. The molecule has 0 amide bonds. The molecule has 1 aliphatic heterocycles. The summed E-state index contributed by atoms with van der Waals surface area (Å²) >= 11 is 0. The first kappa shape index (κ1) is 22.2. The minimum absolute atomic E-state index is 0.0408. The van der Waals surface area contributed by atoms with E-state index >= 15 is 0 Å². The molecule has 2 N–H and O–H groups in total. The summed E-state index contributed by atoms with van der Waals surface area (Å²) in [6.45, 7) is 1.32. The number of carboxylic acid groups (broad SMARTS) is 1. The van der Waals surface area contributed by atoms with E-state index in [1.165, 1.54) is 19.2 Å². The van der Waals surface area contributed by atoms with E-state index in [4.69, 9.17) is 14.5 Å². The Morgan fingerprint density at radius 2 is 2.00 bits per heavy atom. The fourth-order valence-corrected chi connectivity index (χ4v) is 5.98. The van der Waals surface area contributed by atoms with Crippen molar-refractivity contribution in [1.82, 2.24) is 19.7 Å². The van der Waals surface area contributed by atoms with E-state index < -0.39 is 11.6 Å². The predicted molar refractivity (Wildman–Crippen MR) is 127 cm³/mol. The molecule has 1 aliphatic carbocycles. The molecule has 2 aliphatic rings. The summed E-state index contributed by atoms with van der Waals surface area (Å²) in [5.41, 5.74) is 4.24. The molecular weight excluding hydrogens is 451 g/mol. The Kier molecular flexibility index (Phi) is 5.34. The van der Waals surface area contributed by atoms with Crippen LogP contribution in [0.2, 0.25) is 0 Å². The Balaban J connectivity index is 1.64. The van der Waals surface area contributed by atoms with Gasteiger partial charge in [0.25, 0.3) is 0 Å². The first-order valence-corrected chi connectivity index (χ1v) is 12.0. The molecule has 9 heteroatoms. The van der Waals surface area contributed by atoms with Crippen molar-refractivity contribution in [2.45, 2.75) is 49.5 Å². The average Bonchev–Trinajstić information content (AvgIpc) is 3.59. The number of benzene rings is 1. The van der Waals surface area contributed by atoms with Crippen molar-refractivity contribution < 1.29 is 23.8 Å². The molecule has 4 aromatic rings. The third kappa shape index (κ3) is 3.52. The van der Waals surface area contributed by atoms with Gasteiger partial charge in [-0.1, -0.05) is 0 Å². The molecule has 1 aromatic carbocycles. The van der Waals surface area contributed by atoms with E-state index in [1.807, 2.05) is 0 Å². The highest BCUT2D eigenvalue weighted by molar-refractivity contribution is 5.94. The molecule has 182 valence electrons. The van der Waals surface area contributed by atoms with Crippen molar-refractivity contribution in [1.29, 1.82) is 0 Å². The molecule has 0 spiro atoms. The zero-order valence-electron chi connectivity index (χ0n) is 19.5. The lowest BCUT2D eigenvalue weighted by molar-refractivity contribution is -0.161. The van der Waals surface area contributed by atoms with Gasteiger partial charge in [0.05, 0.1) is 17.2 Å². The molecule has 6 rings (SSSR count). The molecular formula is C26H27FN4O4. The fraction of sp³-hybridized carbons (Fsp3) is 0.423. The van der Waals surface area contributed by atoms with Crippen molar-refractivity contribution in [2.24, 2.45) is 0 Å². The molecule has 8 nitrogen and oxygen atoms in total. The first-order valence-electron chi connectivity index (χ1n) is 12.0. The Bertz CT molecular complexity index is 1410. The number of nitrogens with zero attached hydrogens (tertiary/aromatic N) is 3. The zero-order chi connectivity index (χ0) is 24.2. The van der Waals surface area contributed by atoms with Gasteiger partial charge >= 0.3 is 5.97 Å². The highest BCUT2D eigenvalue weighted by Crippen LogP contribution is 2.49. The number of H-pyrrole nitrogens is 1. The van der Waals surface area contributed by atoms with Gasteiger partial charge in [0, 0.05) is 48.6 Å². The van der Waals surface area contributed by atoms with Crippen molar-refractivity contribution in [3.8, 4) is 5.69 Å². The van der Waals surface area contributed by atoms with Gasteiger partial charge in [-0.15, -0.1) is 0 Å². The molecule has 35 heavy (non-hydrogen) atoms. The van der Waals surface area contributed by atoms with E-state index in [-0.39, 0.29) is 17.7 Å². The maximum atomic E-state index is 13.9. The van der Waals surface area contributed by atoms with Crippen LogP contribution in [0.5, 0.6) is 0 Å². The van der Waals surface area contributed by atoms with Crippen LogP contribution in [0.1, 0.15) is 55.2 Å². The molecule has 0 bridgehead atoms. The summed E-state index contributed by atoms with van der Waals surface area (Å²) < 4.78 is 27.3. The topological polar surface area (TPSA) is 102 Å². The highest BCUT2D eigenvalue weighted by atomic mass is 19.1. The van der Waals surface area contributed by atoms with Gasteiger partial charge in [0.2, 0.25) is 0 Å². The van der Waals surface area contributed by atoms with Crippen LogP contribution in [-0.2, 0) is 14.3 Å². The second-order valence-corrected chi connectivity index (χ2v) is 9.60. The Morgan fingerprint density at radius 3 is 2.69 bits per heavy atom. The Labute approximate surface area is 201 Å². The van der Waals surface area contributed by atoms with Crippen LogP contribution in [0.25, 0.3) is 27.8 Å². The number of hydrogen-bond acceptors (Lipinski definition) is 5. The zero-order valence-corrected chi connectivity index (χ0v) is 19.5. The van der Waals surface area contributed by atoms with Gasteiger partial charge in [0.1, 0.15) is 5.82 Å². The number of aromatic amines is 1. The van der Waals surface area contributed by atoms with Crippen molar-refractivity contribution in [3.63, 3.8) is 0 Å².